The summed E-state index contributed by atoms with van der Waals surface area (Å²) in [5, 5.41) is 0.718. The van der Waals surface area contributed by atoms with Gasteiger partial charge in [-0.1, -0.05) is 0 Å². The van der Waals surface area contributed by atoms with Crippen LogP contribution in [0.4, 0.5) is 0 Å². The molecule has 2 rings (SSSR count). The SMILES string of the molecule is CC(C)OSC1CCC(N2CCC(N)CC2)CC1. The summed E-state index contributed by atoms with van der Waals surface area (Å²) in [5.74, 6) is 0. The second kappa shape index (κ2) is 7.13. The average molecular weight is 272 g/mol. The first-order valence-corrected chi connectivity index (χ1v) is 8.27. The average Bonchev–Trinajstić information content (AvgIpc) is 2.38. The van der Waals surface area contributed by atoms with Crippen molar-refractivity contribution in [2.24, 2.45) is 5.73 Å². The summed E-state index contributed by atoms with van der Waals surface area (Å²) >= 11 is 1.72. The van der Waals surface area contributed by atoms with Gasteiger partial charge in [-0.05, 0) is 77.5 Å². The van der Waals surface area contributed by atoms with E-state index in [9.17, 15) is 0 Å². The van der Waals surface area contributed by atoms with Gasteiger partial charge in [0.15, 0.2) is 0 Å². The van der Waals surface area contributed by atoms with Crippen molar-refractivity contribution in [2.75, 3.05) is 13.1 Å². The molecule has 2 aliphatic rings. The first-order valence-electron chi connectivity index (χ1n) is 7.47. The molecule has 0 aromatic carbocycles. The molecule has 4 heteroatoms. The summed E-state index contributed by atoms with van der Waals surface area (Å²) in [6, 6.07) is 1.26. The van der Waals surface area contributed by atoms with Gasteiger partial charge in [0, 0.05) is 17.3 Å². The van der Waals surface area contributed by atoms with Crippen LogP contribution in [-0.4, -0.2) is 41.4 Å². The van der Waals surface area contributed by atoms with Crippen molar-refractivity contribution in [3.05, 3.63) is 0 Å². The minimum Gasteiger partial charge on any atom is -0.328 e. The molecule has 0 amide bonds. The zero-order chi connectivity index (χ0) is 13.0. The van der Waals surface area contributed by atoms with Crippen molar-refractivity contribution in [1.82, 2.24) is 4.90 Å². The molecule has 1 aliphatic carbocycles. The minimum absolute atomic E-state index is 0.344. The molecular formula is C14H28N2OS. The third-order valence-electron chi connectivity index (χ3n) is 4.12. The summed E-state index contributed by atoms with van der Waals surface area (Å²) < 4.78 is 5.66. The van der Waals surface area contributed by atoms with Crippen LogP contribution < -0.4 is 5.73 Å². The second-order valence-electron chi connectivity index (χ2n) is 6.05. The zero-order valence-electron chi connectivity index (χ0n) is 11.8. The second-order valence-corrected chi connectivity index (χ2v) is 7.10. The van der Waals surface area contributed by atoms with E-state index in [0.29, 0.717) is 12.1 Å². The smallest absolute Gasteiger partial charge is 0.0666 e. The van der Waals surface area contributed by atoms with Gasteiger partial charge in [0.05, 0.1) is 6.10 Å². The van der Waals surface area contributed by atoms with Crippen molar-refractivity contribution in [3.8, 4) is 0 Å². The monoisotopic (exact) mass is 272 g/mol. The molecular weight excluding hydrogens is 244 g/mol. The highest BCUT2D eigenvalue weighted by Crippen LogP contribution is 2.32. The Balaban J connectivity index is 1.67. The van der Waals surface area contributed by atoms with Crippen LogP contribution >= 0.6 is 12.0 Å². The summed E-state index contributed by atoms with van der Waals surface area (Å²) in [7, 11) is 0. The molecule has 3 nitrogen and oxygen atoms in total. The molecule has 18 heavy (non-hydrogen) atoms. The van der Waals surface area contributed by atoms with Crippen molar-refractivity contribution in [3.63, 3.8) is 0 Å². The fourth-order valence-electron chi connectivity index (χ4n) is 2.98. The van der Waals surface area contributed by atoms with Crippen LogP contribution in [0.2, 0.25) is 0 Å². The number of rotatable bonds is 4. The Morgan fingerprint density at radius 1 is 1.06 bits per heavy atom. The summed E-state index contributed by atoms with van der Waals surface area (Å²) in [6.07, 6.45) is 8.02. The van der Waals surface area contributed by atoms with Gasteiger partial charge in [0.25, 0.3) is 0 Å². The molecule has 0 aromatic heterocycles. The number of hydrogen-bond acceptors (Lipinski definition) is 4. The third kappa shape index (κ3) is 4.41. The molecule has 1 heterocycles. The lowest BCUT2D eigenvalue weighted by atomic mass is 9.92. The largest absolute Gasteiger partial charge is 0.328 e. The van der Waals surface area contributed by atoms with Crippen molar-refractivity contribution >= 4 is 12.0 Å². The lowest BCUT2D eigenvalue weighted by Gasteiger charge is -2.40. The topological polar surface area (TPSA) is 38.5 Å². The molecule has 0 aromatic rings. The van der Waals surface area contributed by atoms with Crippen molar-refractivity contribution in [2.45, 2.75) is 75.8 Å². The van der Waals surface area contributed by atoms with Crippen molar-refractivity contribution in [1.29, 1.82) is 0 Å². The Bertz CT molecular complexity index is 234. The fourth-order valence-corrected chi connectivity index (χ4v) is 3.82. The molecule has 1 saturated carbocycles. The van der Waals surface area contributed by atoms with E-state index in [4.69, 9.17) is 9.92 Å². The maximum absolute atomic E-state index is 5.97. The van der Waals surface area contributed by atoms with E-state index in [0.717, 1.165) is 11.3 Å². The molecule has 1 saturated heterocycles. The lowest BCUT2D eigenvalue weighted by Crippen LogP contribution is -2.46. The number of likely N-dealkylation sites (tertiary alicyclic amines) is 1. The molecule has 1 aliphatic heterocycles. The molecule has 0 bridgehead atoms. The number of hydrogen-bond donors (Lipinski definition) is 1. The Labute approximate surface area is 116 Å². The summed E-state index contributed by atoms with van der Waals surface area (Å²) in [6.45, 7) is 6.64. The number of nitrogens with zero attached hydrogens (tertiary/aromatic N) is 1. The predicted octanol–water partition coefficient (Wildman–Crippen LogP) is 2.79. The van der Waals surface area contributed by atoms with E-state index in [1.807, 2.05) is 0 Å². The van der Waals surface area contributed by atoms with Crippen LogP contribution in [0.3, 0.4) is 0 Å². The fraction of sp³-hybridized carbons (Fsp3) is 1.00. The van der Waals surface area contributed by atoms with Crippen LogP contribution in [0.25, 0.3) is 0 Å². The zero-order valence-corrected chi connectivity index (χ0v) is 12.6. The number of piperidine rings is 1. The van der Waals surface area contributed by atoms with E-state index in [1.54, 1.807) is 12.0 Å². The van der Waals surface area contributed by atoms with Gasteiger partial charge in [-0.15, -0.1) is 0 Å². The Hall–Kier alpha value is 0.230. The van der Waals surface area contributed by atoms with Crippen LogP contribution in [0, 0.1) is 0 Å². The first-order chi connectivity index (χ1) is 8.65. The molecule has 0 atom stereocenters. The number of nitrogens with two attached hydrogens (primary N) is 1. The molecule has 0 spiro atoms. The molecule has 2 fully saturated rings. The Kier molecular flexibility index (Phi) is 5.80. The van der Waals surface area contributed by atoms with E-state index in [1.165, 1.54) is 51.6 Å². The Morgan fingerprint density at radius 2 is 1.67 bits per heavy atom. The van der Waals surface area contributed by atoms with Gasteiger partial charge in [-0.3, -0.25) is 0 Å². The maximum Gasteiger partial charge on any atom is 0.0666 e. The van der Waals surface area contributed by atoms with Gasteiger partial charge < -0.3 is 14.8 Å². The van der Waals surface area contributed by atoms with E-state index in [-0.39, 0.29) is 0 Å². The van der Waals surface area contributed by atoms with E-state index in [2.05, 4.69) is 18.7 Å². The quantitative estimate of drug-likeness (QED) is 0.799. The molecule has 0 radical (unpaired) electrons. The highest BCUT2D eigenvalue weighted by molar-refractivity contribution is 7.95. The minimum atomic E-state index is 0.344. The highest BCUT2D eigenvalue weighted by Gasteiger charge is 2.28. The normalized spacial score (nSPS) is 32.0. The molecule has 2 N–H and O–H groups in total. The van der Waals surface area contributed by atoms with Gasteiger partial charge in [-0.2, -0.15) is 0 Å². The lowest BCUT2D eigenvalue weighted by molar-refractivity contribution is 0.123. The third-order valence-corrected chi connectivity index (χ3v) is 5.36. The van der Waals surface area contributed by atoms with Gasteiger partial charge in [0.2, 0.25) is 0 Å². The van der Waals surface area contributed by atoms with Gasteiger partial charge in [0.1, 0.15) is 0 Å². The van der Waals surface area contributed by atoms with E-state index >= 15 is 0 Å². The van der Waals surface area contributed by atoms with Crippen molar-refractivity contribution < 1.29 is 4.18 Å². The maximum atomic E-state index is 5.97. The molecule has 0 unspecified atom stereocenters. The Morgan fingerprint density at radius 3 is 2.22 bits per heavy atom. The highest BCUT2D eigenvalue weighted by atomic mass is 32.2. The van der Waals surface area contributed by atoms with Crippen LogP contribution in [0.1, 0.15) is 52.4 Å². The summed E-state index contributed by atoms with van der Waals surface area (Å²) in [5.41, 5.74) is 5.97. The molecule has 106 valence electrons. The first kappa shape index (κ1) is 14.6. The van der Waals surface area contributed by atoms with Gasteiger partial charge >= 0.3 is 0 Å². The van der Waals surface area contributed by atoms with Gasteiger partial charge in [-0.25, -0.2) is 0 Å². The summed E-state index contributed by atoms with van der Waals surface area (Å²) in [4.78, 5) is 2.67. The standard InChI is InChI=1S/C14H28N2OS/c1-11(2)17-18-14-5-3-13(4-6-14)16-9-7-12(15)8-10-16/h11-14H,3-10,15H2,1-2H3. The van der Waals surface area contributed by atoms with Crippen LogP contribution in [0.5, 0.6) is 0 Å². The predicted molar refractivity (Wildman–Crippen MR) is 78.6 cm³/mol. The van der Waals surface area contributed by atoms with Crippen LogP contribution in [-0.2, 0) is 4.18 Å². The van der Waals surface area contributed by atoms with Crippen LogP contribution in [0.15, 0.2) is 0 Å². The van der Waals surface area contributed by atoms with E-state index < -0.39 is 0 Å².